The van der Waals surface area contributed by atoms with E-state index in [1.807, 2.05) is 30.3 Å². The van der Waals surface area contributed by atoms with Crippen molar-refractivity contribution < 1.29 is 19.5 Å². The second-order valence-electron chi connectivity index (χ2n) is 4.76. The summed E-state index contributed by atoms with van der Waals surface area (Å²) in [4.78, 5) is 35.5. The minimum atomic E-state index is -1.09. The zero-order valence-electron chi connectivity index (χ0n) is 12.6. The summed E-state index contributed by atoms with van der Waals surface area (Å²) in [7, 11) is 0. The van der Waals surface area contributed by atoms with Crippen molar-refractivity contribution in [3.05, 3.63) is 35.9 Å². The van der Waals surface area contributed by atoms with Gasteiger partial charge < -0.3 is 15.3 Å². The number of urea groups is 1. The lowest BCUT2D eigenvalue weighted by atomic mass is 10.2. The van der Waals surface area contributed by atoms with Crippen molar-refractivity contribution in [1.29, 1.82) is 0 Å². The number of nitrogens with one attached hydrogen (secondary N) is 1. The summed E-state index contributed by atoms with van der Waals surface area (Å²) in [5.41, 5.74) is 0.938. The van der Waals surface area contributed by atoms with Crippen LogP contribution in [0.2, 0.25) is 0 Å². The molecule has 0 heterocycles. The molecule has 0 aliphatic heterocycles. The fourth-order valence-electron chi connectivity index (χ4n) is 1.69. The van der Waals surface area contributed by atoms with E-state index in [0.29, 0.717) is 18.8 Å². The Kier molecular flexibility index (Phi) is 7.45. The van der Waals surface area contributed by atoms with Gasteiger partial charge in [0.05, 0.1) is 0 Å². The minimum Gasteiger partial charge on any atom is -0.480 e. The predicted molar refractivity (Wildman–Crippen MR) is 85.6 cm³/mol. The number of hydrogen-bond acceptors (Lipinski definition) is 4. The molecule has 0 aliphatic carbocycles. The van der Waals surface area contributed by atoms with E-state index in [2.05, 4.69) is 5.32 Å². The fraction of sp³-hybridized carbons (Fsp3) is 0.400. The molecule has 2 amide bonds. The summed E-state index contributed by atoms with van der Waals surface area (Å²) in [6.07, 6.45) is 0. The molecule has 0 radical (unpaired) electrons. The van der Waals surface area contributed by atoms with Crippen molar-refractivity contribution in [2.24, 2.45) is 0 Å². The molecule has 120 valence electrons. The van der Waals surface area contributed by atoms with E-state index in [4.69, 9.17) is 5.11 Å². The summed E-state index contributed by atoms with van der Waals surface area (Å²) >= 11 is 1.14. The first-order valence-electron chi connectivity index (χ1n) is 6.85. The number of carboxylic acids is 1. The molecule has 0 fully saturated rings. The maximum atomic E-state index is 12.2. The number of carbonyl (C=O) groups excluding carboxylic acids is 2. The van der Waals surface area contributed by atoms with Crippen LogP contribution >= 0.6 is 11.8 Å². The van der Waals surface area contributed by atoms with Gasteiger partial charge >= 0.3 is 12.0 Å². The average molecular weight is 324 g/mol. The van der Waals surface area contributed by atoms with E-state index in [9.17, 15) is 14.4 Å². The van der Waals surface area contributed by atoms with Gasteiger partial charge in [0.15, 0.2) is 5.12 Å². The maximum Gasteiger partial charge on any atom is 0.325 e. The quantitative estimate of drug-likeness (QED) is 0.800. The number of hydrogen-bond donors (Lipinski definition) is 2. The Morgan fingerprint density at radius 2 is 1.91 bits per heavy atom. The van der Waals surface area contributed by atoms with Gasteiger partial charge in [0.2, 0.25) is 0 Å². The van der Waals surface area contributed by atoms with E-state index in [1.165, 1.54) is 18.7 Å². The van der Waals surface area contributed by atoms with Gasteiger partial charge in [-0.1, -0.05) is 42.1 Å². The molecule has 1 aromatic rings. The first kappa shape index (κ1) is 18.0. The van der Waals surface area contributed by atoms with Crippen LogP contribution in [0.25, 0.3) is 0 Å². The zero-order valence-corrected chi connectivity index (χ0v) is 13.4. The van der Waals surface area contributed by atoms with Crippen molar-refractivity contribution >= 4 is 28.9 Å². The number of benzene rings is 1. The van der Waals surface area contributed by atoms with Gasteiger partial charge in [-0.2, -0.15) is 0 Å². The molecule has 22 heavy (non-hydrogen) atoms. The highest BCUT2D eigenvalue weighted by molar-refractivity contribution is 8.13. The van der Waals surface area contributed by atoms with Crippen LogP contribution in [0.5, 0.6) is 0 Å². The third kappa shape index (κ3) is 6.62. The minimum absolute atomic E-state index is 0.0148. The summed E-state index contributed by atoms with van der Waals surface area (Å²) < 4.78 is 0. The summed E-state index contributed by atoms with van der Waals surface area (Å²) in [5.74, 6) is -0.622. The van der Waals surface area contributed by atoms with Crippen LogP contribution in [-0.2, 0) is 16.1 Å². The normalized spacial score (nSPS) is 11.5. The highest BCUT2D eigenvalue weighted by atomic mass is 32.2. The lowest BCUT2D eigenvalue weighted by Crippen LogP contribution is -2.47. The lowest BCUT2D eigenvalue weighted by molar-refractivity contribution is -0.138. The molecule has 1 rings (SSSR count). The standard InChI is InChI=1S/C15H20N2O4S/c1-11(14(19)20)16-15(21)17(8-9-22-12(2)18)10-13-6-4-3-5-7-13/h3-7,11H,8-10H2,1-2H3,(H,16,21)(H,19,20)/t11-/m0/s1. The van der Waals surface area contributed by atoms with Crippen LogP contribution in [-0.4, -0.2) is 45.5 Å². The van der Waals surface area contributed by atoms with E-state index in [-0.39, 0.29) is 5.12 Å². The molecular weight excluding hydrogens is 304 g/mol. The van der Waals surface area contributed by atoms with Crippen molar-refractivity contribution in [1.82, 2.24) is 10.2 Å². The number of amides is 2. The number of rotatable bonds is 7. The van der Waals surface area contributed by atoms with Gasteiger partial charge in [-0.15, -0.1) is 0 Å². The highest BCUT2D eigenvalue weighted by Gasteiger charge is 2.19. The van der Waals surface area contributed by atoms with Crippen LogP contribution in [0.1, 0.15) is 19.4 Å². The van der Waals surface area contributed by atoms with Gasteiger partial charge in [-0.05, 0) is 12.5 Å². The van der Waals surface area contributed by atoms with Gasteiger partial charge in [0, 0.05) is 25.8 Å². The lowest BCUT2D eigenvalue weighted by Gasteiger charge is -2.24. The van der Waals surface area contributed by atoms with E-state index in [1.54, 1.807) is 0 Å². The Labute approximate surface area is 133 Å². The molecule has 1 atom stereocenters. The molecule has 0 saturated heterocycles. The molecule has 0 bridgehead atoms. The average Bonchev–Trinajstić information content (AvgIpc) is 2.46. The van der Waals surface area contributed by atoms with E-state index >= 15 is 0 Å². The number of carboxylic acid groups (broad SMARTS) is 1. The molecule has 6 nitrogen and oxygen atoms in total. The van der Waals surface area contributed by atoms with Crippen LogP contribution in [0.15, 0.2) is 30.3 Å². The van der Waals surface area contributed by atoms with Gasteiger partial charge in [0.1, 0.15) is 6.04 Å². The first-order valence-corrected chi connectivity index (χ1v) is 7.84. The Balaban J connectivity index is 2.69. The van der Waals surface area contributed by atoms with Gasteiger partial charge in [-0.25, -0.2) is 4.79 Å². The van der Waals surface area contributed by atoms with Crippen molar-refractivity contribution in [3.8, 4) is 0 Å². The van der Waals surface area contributed by atoms with Crippen LogP contribution in [0, 0.1) is 0 Å². The van der Waals surface area contributed by atoms with Gasteiger partial charge in [-0.3, -0.25) is 9.59 Å². The number of thioether (sulfide) groups is 1. The summed E-state index contributed by atoms with van der Waals surface area (Å²) in [6, 6.07) is 7.98. The molecular formula is C15H20N2O4S. The molecule has 2 N–H and O–H groups in total. The predicted octanol–water partition coefficient (Wildman–Crippen LogP) is 1.95. The number of carbonyl (C=O) groups is 3. The SMILES string of the molecule is CC(=O)SCCN(Cc1ccccc1)C(=O)N[C@@H](C)C(=O)O. The van der Waals surface area contributed by atoms with Crippen molar-refractivity contribution in [3.63, 3.8) is 0 Å². The van der Waals surface area contributed by atoms with Crippen LogP contribution in [0.4, 0.5) is 4.79 Å². The Hall–Kier alpha value is -2.02. The summed E-state index contributed by atoms with van der Waals surface area (Å²) in [5, 5.41) is 11.3. The molecule has 0 saturated carbocycles. The Morgan fingerprint density at radius 3 is 2.45 bits per heavy atom. The second-order valence-corrected chi connectivity index (χ2v) is 6.03. The molecule has 0 spiro atoms. The topological polar surface area (TPSA) is 86.7 Å². The smallest absolute Gasteiger partial charge is 0.325 e. The fourth-order valence-corrected chi connectivity index (χ4v) is 2.29. The van der Waals surface area contributed by atoms with Crippen LogP contribution < -0.4 is 5.32 Å². The highest BCUT2D eigenvalue weighted by Crippen LogP contribution is 2.08. The van der Waals surface area contributed by atoms with Crippen molar-refractivity contribution in [2.45, 2.75) is 26.4 Å². The third-order valence-corrected chi connectivity index (χ3v) is 3.67. The maximum absolute atomic E-state index is 12.2. The number of nitrogens with zero attached hydrogens (tertiary/aromatic N) is 1. The molecule has 7 heteroatoms. The van der Waals surface area contributed by atoms with E-state index in [0.717, 1.165) is 17.3 Å². The monoisotopic (exact) mass is 324 g/mol. The number of aliphatic carboxylic acids is 1. The Bertz CT molecular complexity index is 522. The largest absolute Gasteiger partial charge is 0.480 e. The van der Waals surface area contributed by atoms with E-state index < -0.39 is 18.0 Å². The molecule has 0 aromatic heterocycles. The summed E-state index contributed by atoms with van der Waals surface area (Å²) in [6.45, 7) is 3.60. The van der Waals surface area contributed by atoms with Crippen LogP contribution in [0.3, 0.4) is 0 Å². The third-order valence-electron chi connectivity index (χ3n) is 2.88. The van der Waals surface area contributed by atoms with Gasteiger partial charge in [0.25, 0.3) is 0 Å². The zero-order chi connectivity index (χ0) is 16.5. The molecule has 0 unspecified atom stereocenters. The Morgan fingerprint density at radius 1 is 1.27 bits per heavy atom. The first-order chi connectivity index (χ1) is 10.4. The molecule has 1 aromatic carbocycles. The van der Waals surface area contributed by atoms with Crippen molar-refractivity contribution in [2.75, 3.05) is 12.3 Å². The second kappa shape index (κ2) is 9.09. The molecule has 0 aliphatic rings.